The van der Waals surface area contributed by atoms with Crippen molar-refractivity contribution >= 4 is 46.5 Å². The van der Waals surface area contributed by atoms with Gasteiger partial charge in [-0.25, -0.2) is 4.98 Å². The fourth-order valence-corrected chi connectivity index (χ4v) is 5.40. The molecule has 2 N–H and O–H groups in total. The summed E-state index contributed by atoms with van der Waals surface area (Å²) < 4.78 is 0. The fourth-order valence-electron chi connectivity index (χ4n) is 3.09. The molecule has 1 saturated heterocycles. The van der Waals surface area contributed by atoms with Crippen LogP contribution in [-0.2, 0) is 17.8 Å². The highest BCUT2D eigenvalue weighted by molar-refractivity contribution is 7.99. The lowest BCUT2D eigenvalue weighted by molar-refractivity contribution is -0.113. The average Bonchev–Trinajstić information content (AvgIpc) is 3.40. The number of hydrogen-bond donors (Lipinski definition) is 2. The fraction of sp³-hybridized carbons (Fsp3) is 0.350. The zero-order valence-electron chi connectivity index (χ0n) is 16.0. The second-order valence-corrected chi connectivity index (χ2v) is 9.95. The van der Waals surface area contributed by atoms with E-state index in [1.54, 1.807) is 11.3 Å². The van der Waals surface area contributed by atoms with Gasteiger partial charge in [0.1, 0.15) is 5.82 Å². The van der Waals surface area contributed by atoms with Crippen LogP contribution in [0.15, 0.2) is 46.9 Å². The number of amides is 1. The summed E-state index contributed by atoms with van der Waals surface area (Å²) in [6.45, 7) is 3.19. The number of thiophene rings is 1. The van der Waals surface area contributed by atoms with Crippen LogP contribution in [-0.4, -0.2) is 56.3 Å². The van der Waals surface area contributed by atoms with E-state index in [1.165, 1.54) is 33.7 Å². The van der Waals surface area contributed by atoms with Crippen molar-refractivity contribution in [3.8, 4) is 0 Å². The van der Waals surface area contributed by atoms with Crippen LogP contribution in [0.1, 0.15) is 16.3 Å². The van der Waals surface area contributed by atoms with Crippen molar-refractivity contribution in [3.63, 3.8) is 0 Å². The van der Waals surface area contributed by atoms with Gasteiger partial charge < -0.3 is 5.32 Å². The zero-order valence-corrected chi connectivity index (χ0v) is 18.4. The Morgan fingerprint density at radius 2 is 2.14 bits per heavy atom. The second kappa shape index (κ2) is 10.3. The molecule has 0 radical (unpaired) electrons. The molecule has 1 aliphatic rings. The van der Waals surface area contributed by atoms with Gasteiger partial charge >= 0.3 is 0 Å². The Bertz CT molecular complexity index is 922. The van der Waals surface area contributed by atoms with Gasteiger partial charge in [0, 0.05) is 48.1 Å². The lowest BCUT2D eigenvalue weighted by Gasteiger charge is -2.26. The first kappa shape index (κ1) is 20.5. The smallest absolute Gasteiger partial charge is 0.234 e. The van der Waals surface area contributed by atoms with Gasteiger partial charge in [-0.2, -0.15) is 11.8 Å². The molecule has 152 valence electrons. The molecule has 1 aromatic carbocycles. The number of thioether (sulfide) groups is 2. The molecule has 9 heteroatoms. The normalized spacial score (nSPS) is 14.8. The molecule has 1 fully saturated rings. The largest absolute Gasteiger partial charge is 0.325 e. The third-order valence-corrected chi connectivity index (χ3v) is 7.15. The number of nitrogens with zero attached hydrogens (tertiary/aromatic N) is 3. The van der Waals surface area contributed by atoms with Crippen LogP contribution in [0.4, 0.5) is 5.69 Å². The van der Waals surface area contributed by atoms with Gasteiger partial charge in [0.2, 0.25) is 11.1 Å². The highest BCUT2D eigenvalue weighted by Gasteiger charge is 2.12. The maximum atomic E-state index is 12.3. The van der Waals surface area contributed by atoms with Crippen LogP contribution in [0, 0.1) is 0 Å². The van der Waals surface area contributed by atoms with Gasteiger partial charge in [0.15, 0.2) is 0 Å². The topological polar surface area (TPSA) is 73.9 Å². The van der Waals surface area contributed by atoms with Crippen molar-refractivity contribution in [1.82, 2.24) is 20.1 Å². The Hall–Kier alpha value is -1.81. The number of benzene rings is 1. The van der Waals surface area contributed by atoms with Crippen LogP contribution in [0.3, 0.4) is 0 Å². The van der Waals surface area contributed by atoms with E-state index < -0.39 is 0 Å². The number of anilines is 1. The van der Waals surface area contributed by atoms with Crippen molar-refractivity contribution in [3.05, 3.63) is 58.0 Å². The molecule has 0 unspecified atom stereocenters. The monoisotopic (exact) mass is 445 g/mol. The first-order chi connectivity index (χ1) is 14.2. The Morgan fingerprint density at radius 3 is 2.97 bits per heavy atom. The minimum Gasteiger partial charge on any atom is -0.325 e. The average molecular weight is 446 g/mol. The van der Waals surface area contributed by atoms with E-state index in [0.717, 1.165) is 37.6 Å². The van der Waals surface area contributed by atoms with Crippen molar-refractivity contribution in [1.29, 1.82) is 0 Å². The zero-order chi connectivity index (χ0) is 19.9. The van der Waals surface area contributed by atoms with Gasteiger partial charge in [-0.15, -0.1) is 16.4 Å². The number of carbonyl (C=O) groups excluding carboxylic acids is 1. The molecule has 0 saturated carbocycles. The lowest BCUT2D eigenvalue weighted by Crippen LogP contribution is -2.31. The molecule has 2 aromatic heterocycles. The van der Waals surface area contributed by atoms with Crippen LogP contribution in [0.25, 0.3) is 0 Å². The molecule has 6 nitrogen and oxygen atoms in total. The number of aromatic amines is 1. The van der Waals surface area contributed by atoms with Crippen molar-refractivity contribution in [2.24, 2.45) is 0 Å². The second-order valence-electron chi connectivity index (χ2n) is 6.75. The van der Waals surface area contributed by atoms with Gasteiger partial charge in [0.05, 0.1) is 5.75 Å². The van der Waals surface area contributed by atoms with Gasteiger partial charge in [-0.05, 0) is 29.1 Å². The van der Waals surface area contributed by atoms with Crippen LogP contribution < -0.4 is 5.32 Å². The minimum atomic E-state index is -0.0499. The third kappa shape index (κ3) is 6.33. The predicted molar refractivity (Wildman–Crippen MR) is 122 cm³/mol. The third-order valence-electron chi connectivity index (χ3n) is 4.49. The van der Waals surface area contributed by atoms with Crippen LogP contribution >= 0.6 is 34.9 Å². The first-order valence-electron chi connectivity index (χ1n) is 9.50. The summed E-state index contributed by atoms with van der Waals surface area (Å²) in [4.78, 5) is 20.5. The Kier molecular flexibility index (Phi) is 7.26. The summed E-state index contributed by atoms with van der Waals surface area (Å²) in [6, 6.07) is 12.2. The molecular formula is C20H23N5OS3. The first-order valence-corrected chi connectivity index (χ1v) is 12.5. The molecule has 0 spiro atoms. The number of rotatable bonds is 8. The number of carbonyl (C=O) groups is 1. The predicted octanol–water partition coefficient (Wildman–Crippen LogP) is 3.74. The van der Waals surface area contributed by atoms with Crippen molar-refractivity contribution < 1.29 is 4.79 Å². The maximum Gasteiger partial charge on any atom is 0.234 e. The summed E-state index contributed by atoms with van der Waals surface area (Å²) in [6.07, 6.45) is 0.736. The summed E-state index contributed by atoms with van der Waals surface area (Å²) >= 11 is 5.05. The molecule has 29 heavy (non-hydrogen) atoms. The van der Waals surface area contributed by atoms with E-state index in [4.69, 9.17) is 0 Å². The molecule has 0 aliphatic carbocycles. The Balaban J connectivity index is 1.25. The van der Waals surface area contributed by atoms with E-state index in [2.05, 4.69) is 43.6 Å². The van der Waals surface area contributed by atoms with E-state index in [-0.39, 0.29) is 11.7 Å². The number of aromatic nitrogens is 3. The highest BCUT2D eigenvalue weighted by atomic mass is 32.2. The van der Waals surface area contributed by atoms with E-state index in [1.807, 2.05) is 35.3 Å². The highest BCUT2D eigenvalue weighted by Crippen LogP contribution is 2.18. The summed E-state index contributed by atoms with van der Waals surface area (Å²) in [7, 11) is 0. The van der Waals surface area contributed by atoms with Gasteiger partial charge in [-0.1, -0.05) is 30.0 Å². The summed E-state index contributed by atoms with van der Waals surface area (Å²) in [5.41, 5.74) is 2.07. The molecule has 4 rings (SSSR count). The lowest BCUT2D eigenvalue weighted by atomic mass is 10.2. The molecule has 0 bridgehead atoms. The molecule has 3 heterocycles. The van der Waals surface area contributed by atoms with Gasteiger partial charge in [-0.3, -0.25) is 14.8 Å². The number of H-pyrrole nitrogens is 1. The SMILES string of the molecule is O=C(CSc1n[nH]c(Cc2cccs2)n1)Nc1cccc(CN2CCSCC2)c1. The number of hydrogen-bond acceptors (Lipinski definition) is 7. The molecule has 1 aliphatic heterocycles. The van der Waals surface area contributed by atoms with Crippen LogP contribution in [0.2, 0.25) is 0 Å². The minimum absolute atomic E-state index is 0.0499. The molecule has 0 atom stereocenters. The van der Waals surface area contributed by atoms with Crippen molar-refractivity contribution in [2.45, 2.75) is 18.1 Å². The molecule has 3 aromatic rings. The molecular weight excluding hydrogens is 422 g/mol. The number of nitrogens with one attached hydrogen (secondary N) is 2. The van der Waals surface area contributed by atoms with Crippen molar-refractivity contribution in [2.75, 3.05) is 35.7 Å². The summed E-state index contributed by atoms with van der Waals surface area (Å²) in [5.74, 6) is 3.45. The molecule has 1 amide bonds. The standard InChI is InChI=1S/C20H23N5OS3/c26-19(14-29-20-22-18(23-24-20)12-17-5-2-8-28-17)21-16-4-1-3-15(11-16)13-25-6-9-27-10-7-25/h1-5,8,11H,6-7,9-10,12-14H2,(H,21,26)(H,22,23,24). The van der Waals surface area contributed by atoms with Crippen LogP contribution in [0.5, 0.6) is 0 Å². The van der Waals surface area contributed by atoms with E-state index >= 15 is 0 Å². The quantitative estimate of drug-likeness (QED) is 0.515. The van der Waals surface area contributed by atoms with E-state index in [9.17, 15) is 4.79 Å². The Labute approximate surface area is 182 Å². The van der Waals surface area contributed by atoms with E-state index in [0.29, 0.717) is 5.16 Å². The van der Waals surface area contributed by atoms with Gasteiger partial charge in [0.25, 0.3) is 0 Å². The summed E-state index contributed by atoms with van der Waals surface area (Å²) in [5, 5.41) is 12.8. The maximum absolute atomic E-state index is 12.3. The Morgan fingerprint density at radius 1 is 1.24 bits per heavy atom.